The summed E-state index contributed by atoms with van der Waals surface area (Å²) in [5.74, 6) is 0. The Balaban J connectivity index is 2.19. The van der Waals surface area contributed by atoms with Gasteiger partial charge in [-0.05, 0) is 37.6 Å². The largest absolute Gasteiger partial charge is 0.317 e. The minimum Gasteiger partial charge on any atom is -0.317 e. The Kier molecular flexibility index (Phi) is 4.71. The molecule has 0 bridgehead atoms. The minimum absolute atomic E-state index is 0.566. The fraction of sp³-hybridized carbons (Fsp3) is 0.438. The van der Waals surface area contributed by atoms with Gasteiger partial charge in [-0.15, -0.1) is 0 Å². The van der Waals surface area contributed by atoms with E-state index in [0.29, 0.717) is 6.04 Å². The second-order valence-electron chi connectivity index (χ2n) is 4.82. The first-order chi connectivity index (χ1) is 8.85. The number of unbranched alkanes of at least 4 members (excludes halogenated alkanes) is 1. The van der Waals surface area contributed by atoms with Gasteiger partial charge < -0.3 is 5.32 Å². The summed E-state index contributed by atoms with van der Waals surface area (Å²) in [6, 6.07) is 11.1. The number of rotatable bonds is 6. The highest BCUT2D eigenvalue weighted by atomic mass is 14.9. The maximum Gasteiger partial charge on any atom is 0.0704 e. The number of benzene rings is 1. The van der Waals surface area contributed by atoms with Gasteiger partial charge in [-0.25, -0.2) is 0 Å². The fourth-order valence-corrected chi connectivity index (χ4v) is 2.40. The van der Waals surface area contributed by atoms with Gasteiger partial charge >= 0.3 is 0 Å². The van der Waals surface area contributed by atoms with Crippen molar-refractivity contribution in [1.29, 1.82) is 0 Å². The van der Waals surface area contributed by atoms with Gasteiger partial charge in [0.05, 0.1) is 5.52 Å². The van der Waals surface area contributed by atoms with Crippen molar-refractivity contribution in [3.63, 3.8) is 0 Å². The molecule has 1 unspecified atom stereocenters. The highest BCUT2D eigenvalue weighted by Gasteiger charge is 2.09. The first-order valence-corrected chi connectivity index (χ1v) is 6.85. The number of pyridine rings is 1. The molecule has 2 heteroatoms. The van der Waals surface area contributed by atoms with Gasteiger partial charge in [0.1, 0.15) is 0 Å². The SMILES string of the molecule is CCCCC(Cc1ccnc2ccccc12)NC. The molecule has 2 aromatic rings. The predicted octanol–water partition coefficient (Wildman–Crippen LogP) is 3.56. The van der Waals surface area contributed by atoms with Gasteiger partial charge in [-0.3, -0.25) is 4.98 Å². The molecule has 1 aromatic heterocycles. The summed E-state index contributed by atoms with van der Waals surface area (Å²) in [5.41, 5.74) is 2.50. The lowest BCUT2D eigenvalue weighted by Crippen LogP contribution is -2.27. The molecule has 0 amide bonds. The van der Waals surface area contributed by atoms with E-state index in [0.717, 1.165) is 11.9 Å². The van der Waals surface area contributed by atoms with E-state index in [1.165, 1.54) is 30.2 Å². The van der Waals surface area contributed by atoms with Gasteiger partial charge in [0.25, 0.3) is 0 Å². The van der Waals surface area contributed by atoms with Crippen molar-refractivity contribution in [3.8, 4) is 0 Å². The van der Waals surface area contributed by atoms with Crippen molar-refractivity contribution in [2.45, 2.75) is 38.6 Å². The molecule has 0 aliphatic heterocycles. The number of para-hydroxylation sites is 1. The lowest BCUT2D eigenvalue weighted by Gasteiger charge is -2.16. The highest BCUT2D eigenvalue weighted by molar-refractivity contribution is 5.81. The van der Waals surface area contributed by atoms with Crippen LogP contribution in [-0.2, 0) is 6.42 Å². The molecule has 18 heavy (non-hydrogen) atoms. The summed E-state index contributed by atoms with van der Waals surface area (Å²) in [7, 11) is 2.06. The third-order valence-corrected chi connectivity index (χ3v) is 3.52. The maximum atomic E-state index is 4.42. The Morgan fingerprint density at radius 1 is 1.22 bits per heavy atom. The van der Waals surface area contributed by atoms with Crippen LogP contribution in [0.25, 0.3) is 10.9 Å². The molecule has 0 fully saturated rings. The zero-order chi connectivity index (χ0) is 12.8. The van der Waals surface area contributed by atoms with Gasteiger partial charge in [-0.1, -0.05) is 38.0 Å². The first-order valence-electron chi connectivity index (χ1n) is 6.85. The number of fused-ring (bicyclic) bond motifs is 1. The zero-order valence-electron chi connectivity index (χ0n) is 11.3. The van der Waals surface area contributed by atoms with Crippen LogP contribution >= 0.6 is 0 Å². The van der Waals surface area contributed by atoms with Crippen LogP contribution in [-0.4, -0.2) is 18.1 Å². The van der Waals surface area contributed by atoms with Crippen molar-refractivity contribution < 1.29 is 0 Å². The lowest BCUT2D eigenvalue weighted by molar-refractivity contribution is 0.499. The van der Waals surface area contributed by atoms with E-state index in [1.807, 2.05) is 12.3 Å². The summed E-state index contributed by atoms with van der Waals surface area (Å²) < 4.78 is 0. The molecule has 0 radical (unpaired) electrons. The normalized spacial score (nSPS) is 12.8. The zero-order valence-corrected chi connectivity index (χ0v) is 11.3. The first kappa shape index (κ1) is 13.0. The predicted molar refractivity (Wildman–Crippen MR) is 77.8 cm³/mol. The Morgan fingerprint density at radius 2 is 2.06 bits per heavy atom. The van der Waals surface area contributed by atoms with E-state index in [-0.39, 0.29) is 0 Å². The fourth-order valence-electron chi connectivity index (χ4n) is 2.40. The highest BCUT2D eigenvalue weighted by Crippen LogP contribution is 2.18. The molecule has 0 spiro atoms. The van der Waals surface area contributed by atoms with E-state index < -0.39 is 0 Å². The van der Waals surface area contributed by atoms with Crippen molar-refractivity contribution in [2.75, 3.05) is 7.05 Å². The minimum atomic E-state index is 0.566. The van der Waals surface area contributed by atoms with Crippen molar-refractivity contribution in [2.24, 2.45) is 0 Å². The topological polar surface area (TPSA) is 24.9 Å². The maximum absolute atomic E-state index is 4.42. The van der Waals surface area contributed by atoms with Crippen LogP contribution < -0.4 is 5.32 Å². The quantitative estimate of drug-likeness (QED) is 0.838. The summed E-state index contributed by atoms with van der Waals surface area (Å²) in [4.78, 5) is 4.42. The molecule has 2 nitrogen and oxygen atoms in total. The number of nitrogens with zero attached hydrogens (tertiary/aromatic N) is 1. The van der Waals surface area contributed by atoms with E-state index in [2.05, 4.69) is 48.5 Å². The van der Waals surface area contributed by atoms with E-state index >= 15 is 0 Å². The van der Waals surface area contributed by atoms with E-state index in [9.17, 15) is 0 Å². The summed E-state index contributed by atoms with van der Waals surface area (Å²) in [5, 5.41) is 4.72. The van der Waals surface area contributed by atoms with Crippen LogP contribution in [0, 0.1) is 0 Å². The molecule has 1 heterocycles. The lowest BCUT2D eigenvalue weighted by atomic mass is 9.98. The molecular formula is C16H22N2. The standard InChI is InChI=1S/C16H22N2/c1-3-4-7-14(17-2)12-13-10-11-18-16-9-6-5-8-15(13)16/h5-6,8-11,14,17H,3-4,7,12H2,1-2H3. The van der Waals surface area contributed by atoms with E-state index in [4.69, 9.17) is 0 Å². The van der Waals surface area contributed by atoms with Crippen molar-refractivity contribution in [1.82, 2.24) is 10.3 Å². The van der Waals surface area contributed by atoms with Crippen molar-refractivity contribution >= 4 is 10.9 Å². The third-order valence-electron chi connectivity index (χ3n) is 3.52. The smallest absolute Gasteiger partial charge is 0.0704 e. The molecule has 0 aliphatic carbocycles. The second-order valence-corrected chi connectivity index (χ2v) is 4.82. The van der Waals surface area contributed by atoms with Crippen LogP contribution in [0.3, 0.4) is 0 Å². The van der Waals surface area contributed by atoms with E-state index in [1.54, 1.807) is 0 Å². The van der Waals surface area contributed by atoms with Gasteiger partial charge in [0.15, 0.2) is 0 Å². The van der Waals surface area contributed by atoms with Gasteiger partial charge in [-0.2, -0.15) is 0 Å². The van der Waals surface area contributed by atoms with Crippen molar-refractivity contribution in [3.05, 3.63) is 42.1 Å². The number of aromatic nitrogens is 1. The average molecular weight is 242 g/mol. The summed E-state index contributed by atoms with van der Waals surface area (Å²) >= 11 is 0. The molecule has 0 saturated heterocycles. The monoisotopic (exact) mass is 242 g/mol. The van der Waals surface area contributed by atoms with Crippen LogP contribution in [0.5, 0.6) is 0 Å². The molecule has 1 N–H and O–H groups in total. The summed E-state index contributed by atoms with van der Waals surface area (Å²) in [6.45, 7) is 2.24. The van der Waals surface area contributed by atoms with Crippen LogP contribution in [0.1, 0.15) is 31.7 Å². The number of likely N-dealkylation sites (N-methyl/N-ethyl adjacent to an activating group) is 1. The van der Waals surface area contributed by atoms with Crippen LogP contribution in [0.2, 0.25) is 0 Å². The Morgan fingerprint density at radius 3 is 2.83 bits per heavy atom. The molecular weight excluding hydrogens is 220 g/mol. The average Bonchev–Trinajstić information content (AvgIpc) is 2.43. The second kappa shape index (κ2) is 6.50. The third kappa shape index (κ3) is 3.08. The molecule has 1 atom stereocenters. The summed E-state index contributed by atoms with van der Waals surface area (Å²) in [6.07, 6.45) is 6.79. The molecule has 0 aliphatic rings. The number of nitrogens with one attached hydrogen (secondary N) is 1. The molecule has 1 aromatic carbocycles. The number of hydrogen-bond acceptors (Lipinski definition) is 2. The molecule has 0 saturated carbocycles. The van der Waals surface area contributed by atoms with Gasteiger partial charge in [0, 0.05) is 17.6 Å². The van der Waals surface area contributed by atoms with Crippen LogP contribution in [0.4, 0.5) is 0 Å². The Bertz CT molecular complexity index is 488. The molecule has 2 rings (SSSR count). The Labute approximate surface area is 109 Å². The number of hydrogen-bond donors (Lipinski definition) is 1. The Hall–Kier alpha value is -1.41. The molecule has 96 valence electrons. The van der Waals surface area contributed by atoms with Crippen LogP contribution in [0.15, 0.2) is 36.5 Å². The van der Waals surface area contributed by atoms with Gasteiger partial charge in [0.2, 0.25) is 0 Å².